The highest BCUT2D eigenvalue weighted by Crippen LogP contribution is 2.41. The smallest absolute Gasteiger partial charge is 0.352 e. The predicted octanol–water partition coefficient (Wildman–Crippen LogP) is 0.537. The number of hydrogen-bond donors (Lipinski definition) is 5. The van der Waals surface area contributed by atoms with Crippen molar-refractivity contribution in [2.24, 2.45) is 5.73 Å². The largest absolute Gasteiger partial charge is 0.508 e. The van der Waals surface area contributed by atoms with Gasteiger partial charge in [0.05, 0.1) is 18.7 Å². The van der Waals surface area contributed by atoms with Crippen LogP contribution < -0.4 is 11.1 Å². The summed E-state index contributed by atoms with van der Waals surface area (Å²) in [5, 5.41) is 32.6. The van der Waals surface area contributed by atoms with Gasteiger partial charge < -0.3 is 26.0 Å². The van der Waals surface area contributed by atoms with Gasteiger partial charge in [0.15, 0.2) is 0 Å². The van der Waals surface area contributed by atoms with E-state index in [0.717, 1.165) is 0 Å². The number of aliphatic carboxylic acids is 1. The monoisotopic (exact) mass is 562 g/mol. The van der Waals surface area contributed by atoms with E-state index < -0.39 is 35.2 Å². The second kappa shape index (κ2) is 11.9. The summed E-state index contributed by atoms with van der Waals surface area (Å²) in [6, 6.07) is 3.85. The molecule has 15 heteroatoms. The number of aromatic amines is 1. The molecule has 1 fully saturated rings. The number of carboxylic acids is 1. The van der Waals surface area contributed by atoms with Crippen LogP contribution in [0.1, 0.15) is 30.6 Å². The summed E-state index contributed by atoms with van der Waals surface area (Å²) in [7, 11) is 0. The molecule has 1 saturated heterocycles. The van der Waals surface area contributed by atoms with Gasteiger partial charge in [-0.15, -0.1) is 16.9 Å². The third kappa shape index (κ3) is 5.79. The number of amides is 2. The molecule has 202 valence electrons. The Morgan fingerprint density at radius 1 is 1.32 bits per heavy atom. The Balaban J connectivity index is 1.40. The standard InChI is InChI=1S/C23H26N6O7S2/c1-2-36-15(31)8-7-14-20(27-28-26-14)37-9-12-10-38-22-17(21(33)29(22)18(12)23(34)35)25-19(32)16(24)11-3-5-13(30)6-4-11/h3-6,16-17,22,30H,2,7-10,24H2,1H3,(H,25,32)(H,34,35)(H,26,27,28)/t16?,17?,22-/m1/s1. The number of rotatable bonds is 11. The SMILES string of the molecule is CCOC(=O)CCc1n[nH]nc1SCC1=C(C(=O)O)N2C(=O)C(NC(=O)C(N)c3ccc(O)cc3)[C@H]2SC1. The van der Waals surface area contributed by atoms with Crippen molar-refractivity contribution in [2.75, 3.05) is 18.1 Å². The van der Waals surface area contributed by atoms with E-state index in [2.05, 4.69) is 20.7 Å². The normalized spacial score (nSPS) is 19.4. The number of esters is 1. The zero-order valence-corrected chi connectivity index (χ0v) is 21.9. The van der Waals surface area contributed by atoms with Gasteiger partial charge >= 0.3 is 11.9 Å². The minimum atomic E-state index is -1.24. The maximum atomic E-state index is 12.9. The van der Waals surface area contributed by atoms with Crippen molar-refractivity contribution >= 4 is 47.3 Å². The first-order valence-corrected chi connectivity index (χ1v) is 13.7. The molecule has 0 spiro atoms. The minimum Gasteiger partial charge on any atom is -0.508 e. The number of nitrogens with zero attached hydrogens (tertiary/aromatic N) is 3. The second-order valence-electron chi connectivity index (χ2n) is 8.39. The number of hydrogen-bond acceptors (Lipinski definition) is 11. The summed E-state index contributed by atoms with van der Waals surface area (Å²) in [4.78, 5) is 50.6. The number of benzene rings is 1. The van der Waals surface area contributed by atoms with Crippen molar-refractivity contribution in [3.63, 3.8) is 0 Å². The lowest BCUT2D eigenvalue weighted by Crippen LogP contribution is -2.71. The van der Waals surface area contributed by atoms with Crippen LogP contribution in [0.25, 0.3) is 0 Å². The fourth-order valence-corrected chi connectivity index (χ4v) is 6.45. The lowest BCUT2D eigenvalue weighted by molar-refractivity contribution is -0.150. The van der Waals surface area contributed by atoms with Gasteiger partial charge in [-0.05, 0) is 30.2 Å². The third-order valence-corrected chi connectivity index (χ3v) is 8.35. The fraction of sp³-hybridized carbons (Fsp3) is 0.391. The number of phenols is 1. The fourth-order valence-electron chi connectivity index (χ4n) is 4.00. The molecule has 2 unspecified atom stereocenters. The summed E-state index contributed by atoms with van der Waals surface area (Å²) in [6.45, 7) is 2.01. The van der Waals surface area contributed by atoms with E-state index in [9.17, 15) is 29.4 Å². The number of aryl methyl sites for hydroxylation is 1. The highest BCUT2D eigenvalue weighted by molar-refractivity contribution is 8.01. The average Bonchev–Trinajstić information content (AvgIpc) is 3.36. The van der Waals surface area contributed by atoms with E-state index in [1.807, 2.05) is 0 Å². The summed E-state index contributed by atoms with van der Waals surface area (Å²) in [5.41, 5.74) is 7.45. The minimum absolute atomic E-state index is 0.0307. The van der Waals surface area contributed by atoms with Crippen LogP contribution in [0.5, 0.6) is 5.75 Å². The van der Waals surface area contributed by atoms with Crippen molar-refractivity contribution < 1.29 is 34.1 Å². The molecule has 4 rings (SSSR count). The molecule has 38 heavy (non-hydrogen) atoms. The number of thioether (sulfide) groups is 2. The van der Waals surface area contributed by atoms with Crippen molar-refractivity contribution in [3.8, 4) is 5.75 Å². The maximum Gasteiger partial charge on any atom is 0.352 e. The van der Waals surface area contributed by atoms with Crippen molar-refractivity contribution in [2.45, 2.75) is 42.2 Å². The van der Waals surface area contributed by atoms with Gasteiger partial charge in [0.25, 0.3) is 5.91 Å². The number of carboxylic acid groups (broad SMARTS) is 1. The van der Waals surface area contributed by atoms with E-state index in [-0.39, 0.29) is 36.2 Å². The number of aromatic hydroxyl groups is 1. The van der Waals surface area contributed by atoms with Gasteiger partial charge in [-0.3, -0.25) is 19.3 Å². The molecule has 3 atom stereocenters. The van der Waals surface area contributed by atoms with E-state index in [4.69, 9.17) is 10.5 Å². The van der Waals surface area contributed by atoms with Gasteiger partial charge in [-0.25, -0.2) is 4.79 Å². The number of H-pyrrole nitrogens is 1. The molecule has 13 nitrogen and oxygen atoms in total. The number of carbonyl (C=O) groups is 4. The van der Waals surface area contributed by atoms with Gasteiger partial charge in [0, 0.05) is 17.9 Å². The molecule has 0 bridgehead atoms. The number of carbonyl (C=O) groups excluding carboxylic acids is 3. The van der Waals surface area contributed by atoms with Crippen molar-refractivity contribution in [1.82, 2.24) is 25.6 Å². The van der Waals surface area contributed by atoms with Gasteiger partial charge in [-0.1, -0.05) is 23.9 Å². The summed E-state index contributed by atoms with van der Waals surface area (Å²) in [5.74, 6) is -2.11. The molecule has 0 saturated carbocycles. The van der Waals surface area contributed by atoms with Crippen LogP contribution in [0.4, 0.5) is 0 Å². The molecule has 2 amide bonds. The maximum absolute atomic E-state index is 12.9. The molecule has 2 aliphatic heterocycles. The van der Waals surface area contributed by atoms with Crippen LogP contribution in [-0.4, -0.2) is 83.8 Å². The number of aromatic nitrogens is 3. The van der Waals surface area contributed by atoms with Crippen LogP contribution in [0.3, 0.4) is 0 Å². The zero-order valence-electron chi connectivity index (χ0n) is 20.2. The number of ether oxygens (including phenoxy) is 1. The predicted molar refractivity (Wildman–Crippen MR) is 137 cm³/mol. The first-order chi connectivity index (χ1) is 18.2. The third-order valence-electron chi connectivity index (χ3n) is 5.92. The highest BCUT2D eigenvalue weighted by atomic mass is 32.2. The van der Waals surface area contributed by atoms with Crippen molar-refractivity contribution in [1.29, 1.82) is 0 Å². The van der Waals surface area contributed by atoms with Crippen LogP contribution in [0, 0.1) is 0 Å². The van der Waals surface area contributed by atoms with Gasteiger partial charge in [-0.2, -0.15) is 10.3 Å². The Labute approximate surface area is 225 Å². The molecule has 1 aromatic carbocycles. The summed E-state index contributed by atoms with van der Waals surface area (Å²) < 4.78 is 4.93. The first kappa shape index (κ1) is 27.5. The molecule has 1 aromatic heterocycles. The summed E-state index contributed by atoms with van der Waals surface area (Å²) in [6.07, 6.45) is 0.456. The Bertz CT molecular complexity index is 1270. The van der Waals surface area contributed by atoms with Crippen LogP contribution >= 0.6 is 23.5 Å². The van der Waals surface area contributed by atoms with E-state index in [1.165, 1.54) is 52.7 Å². The number of phenolic OH excluding ortho intramolecular Hbond substituents is 1. The lowest BCUT2D eigenvalue weighted by atomic mass is 10.0. The number of nitrogens with one attached hydrogen (secondary N) is 2. The van der Waals surface area contributed by atoms with E-state index in [0.29, 0.717) is 34.0 Å². The number of β-lactam (4-membered cyclic amide) rings is 1. The molecule has 6 N–H and O–H groups in total. The van der Waals surface area contributed by atoms with E-state index in [1.54, 1.807) is 6.92 Å². The van der Waals surface area contributed by atoms with Crippen LogP contribution in [-0.2, 0) is 30.3 Å². The summed E-state index contributed by atoms with van der Waals surface area (Å²) >= 11 is 2.60. The Morgan fingerprint density at radius 3 is 2.74 bits per heavy atom. The Hall–Kier alpha value is -3.56. The zero-order chi connectivity index (χ0) is 27.4. The molecule has 2 aromatic rings. The molecule has 3 heterocycles. The molecule has 0 radical (unpaired) electrons. The molecular formula is C23H26N6O7S2. The number of fused-ring (bicyclic) bond motifs is 1. The average molecular weight is 563 g/mol. The van der Waals surface area contributed by atoms with Crippen LogP contribution in [0.15, 0.2) is 40.6 Å². The highest BCUT2D eigenvalue weighted by Gasteiger charge is 2.54. The topological polar surface area (TPSA) is 201 Å². The number of nitrogens with two attached hydrogens (primary N) is 1. The lowest BCUT2D eigenvalue weighted by Gasteiger charge is -2.49. The van der Waals surface area contributed by atoms with Gasteiger partial charge in [0.2, 0.25) is 5.91 Å². The first-order valence-electron chi connectivity index (χ1n) is 11.6. The van der Waals surface area contributed by atoms with Crippen molar-refractivity contribution in [3.05, 3.63) is 46.8 Å². The molecule has 0 aliphatic carbocycles. The second-order valence-corrected chi connectivity index (χ2v) is 10.5. The molecular weight excluding hydrogens is 536 g/mol. The molecule has 2 aliphatic rings. The van der Waals surface area contributed by atoms with Crippen LogP contribution in [0.2, 0.25) is 0 Å². The van der Waals surface area contributed by atoms with E-state index >= 15 is 0 Å². The Morgan fingerprint density at radius 2 is 2.05 bits per heavy atom. The quantitative estimate of drug-likeness (QED) is 0.145. The Kier molecular flexibility index (Phi) is 8.58. The van der Waals surface area contributed by atoms with Gasteiger partial charge in [0.1, 0.15) is 33.9 Å².